The number of aryl methyl sites for hydroxylation is 1. The summed E-state index contributed by atoms with van der Waals surface area (Å²) in [6.45, 7) is 4.96. The van der Waals surface area contributed by atoms with Crippen LogP contribution in [0.25, 0.3) is 0 Å². The number of hydrogen-bond acceptors (Lipinski definition) is 3. The molecule has 1 heterocycles. The second-order valence-electron chi connectivity index (χ2n) is 5.58. The second-order valence-corrected chi connectivity index (χ2v) is 5.58. The average Bonchev–Trinajstić information content (AvgIpc) is 2.41. The second kappa shape index (κ2) is 6.49. The molecule has 1 aliphatic carbocycles. The smallest absolute Gasteiger partial charge is 0.0876 e. The van der Waals surface area contributed by atoms with Gasteiger partial charge in [-0.05, 0) is 44.9 Å². The van der Waals surface area contributed by atoms with Gasteiger partial charge in [0.25, 0.3) is 0 Å². The number of likely N-dealkylation sites (N-methyl/N-ethyl adjacent to an activating group) is 1. The number of pyridine rings is 1. The maximum Gasteiger partial charge on any atom is 0.0876 e. The molecule has 2 rings (SSSR count). The number of hydrogen-bond donors (Lipinski definition) is 1. The van der Waals surface area contributed by atoms with Gasteiger partial charge in [0.15, 0.2) is 0 Å². The lowest BCUT2D eigenvalue weighted by Gasteiger charge is -2.43. The fraction of sp³-hybridized carbons (Fsp3) is 0.688. The molecule has 0 saturated heterocycles. The quantitative estimate of drug-likeness (QED) is 0.883. The molecule has 1 fully saturated rings. The summed E-state index contributed by atoms with van der Waals surface area (Å²) in [7, 11) is 2.03. The third kappa shape index (κ3) is 3.15. The maximum atomic E-state index is 6.23. The Labute approximate surface area is 116 Å². The Morgan fingerprint density at radius 3 is 2.63 bits per heavy atom. The lowest BCUT2D eigenvalue weighted by Crippen LogP contribution is -2.46. The number of nitrogens with zero attached hydrogens (tertiary/aromatic N) is 1. The highest BCUT2D eigenvalue weighted by Crippen LogP contribution is 2.41. The molecule has 0 spiro atoms. The number of rotatable bonds is 5. The van der Waals surface area contributed by atoms with Crippen LogP contribution in [0.5, 0.6) is 0 Å². The fourth-order valence-electron chi connectivity index (χ4n) is 3.42. The molecular formula is C16H26N2O. The van der Waals surface area contributed by atoms with Crippen molar-refractivity contribution >= 4 is 0 Å². The van der Waals surface area contributed by atoms with Gasteiger partial charge in [-0.15, -0.1) is 0 Å². The summed E-state index contributed by atoms with van der Waals surface area (Å²) in [5.41, 5.74) is 2.40. The van der Waals surface area contributed by atoms with E-state index in [1.54, 1.807) is 0 Å². The van der Waals surface area contributed by atoms with E-state index >= 15 is 0 Å². The van der Waals surface area contributed by atoms with Crippen molar-refractivity contribution in [2.24, 2.45) is 0 Å². The van der Waals surface area contributed by atoms with E-state index in [0.717, 1.165) is 19.4 Å². The van der Waals surface area contributed by atoms with Crippen molar-refractivity contribution in [1.82, 2.24) is 10.3 Å². The minimum atomic E-state index is -0.0583. The Hall–Kier alpha value is -0.930. The normalized spacial score (nSPS) is 20.2. The Balaban J connectivity index is 2.31. The van der Waals surface area contributed by atoms with Gasteiger partial charge in [-0.2, -0.15) is 0 Å². The molecule has 1 N–H and O–H groups in total. The minimum Gasteiger partial charge on any atom is -0.373 e. The Morgan fingerprint density at radius 2 is 2.05 bits per heavy atom. The maximum absolute atomic E-state index is 6.23. The van der Waals surface area contributed by atoms with Gasteiger partial charge in [-0.1, -0.05) is 25.3 Å². The van der Waals surface area contributed by atoms with E-state index in [0.29, 0.717) is 0 Å². The standard InChI is InChI=1S/C16H26N2O/c1-4-19-16(8-6-5-7-9-16)15(17-3)14-10-13(2)11-18-12-14/h10-12,15,17H,4-9H2,1-3H3. The van der Waals surface area contributed by atoms with E-state index in [1.165, 1.54) is 30.4 Å². The van der Waals surface area contributed by atoms with Crippen LogP contribution < -0.4 is 5.32 Å². The number of nitrogens with one attached hydrogen (secondary N) is 1. The van der Waals surface area contributed by atoms with E-state index in [1.807, 2.05) is 19.4 Å². The van der Waals surface area contributed by atoms with Gasteiger partial charge in [0.1, 0.15) is 0 Å². The number of ether oxygens (including phenoxy) is 1. The van der Waals surface area contributed by atoms with Crippen molar-refractivity contribution in [2.75, 3.05) is 13.7 Å². The van der Waals surface area contributed by atoms with Crippen molar-refractivity contribution in [3.05, 3.63) is 29.6 Å². The summed E-state index contributed by atoms with van der Waals surface area (Å²) < 4.78 is 6.23. The van der Waals surface area contributed by atoms with Crippen LogP contribution in [0.3, 0.4) is 0 Å². The molecule has 1 atom stereocenters. The first-order valence-electron chi connectivity index (χ1n) is 7.44. The fourth-order valence-corrected chi connectivity index (χ4v) is 3.42. The largest absolute Gasteiger partial charge is 0.373 e. The summed E-state index contributed by atoms with van der Waals surface area (Å²) in [6, 6.07) is 2.46. The van der Waals surface area contributed by atoms with Crippen molar-refractivity contribution in [3.63, 3.8) is 0 Å². The van der Waals surface area contributed by atoms with Gasteiger partial charge < -0.3 is 10.1 Å². The van der Waals surface area contributed by atoms with Gasteiger partial charge in [0.05, 0.1) is 11.6 Å². The van der Waals surface area contributed by atoms with Crippen molar-refractivity contribution in [1.29, 1.82) is 0 Å². The van der Waals surface area contributed by atoms with Crippen LogP contribution in [-0.2, 0) is 4.74 Å². The van der Waals surface area contributed by atoms with E-state index in [4.69, 9.17) is 4.74 Å². The van der Waals surface area contributed by atoms with Crippen LogP contribution in [0, 0.1) is 6.92 Å². The highest BCUT2D eigenvalue weighted by molar-refractivity contribution is 5.23. The van der Waals surface area contributed by atoms with E-state index in [2.05, 4.69) is 30.2 Å². The summed E-state index contributed by atoms with van der Waals surface area (Å²) >= 11 is 0. The zero-order chi connectivity index (χ0) is 13.7. The Bertz CT molecular complexity index is 394. The molecule has 0 radical (unpaired) electrons. The molecule has 1 unspecified atom stereocenters. The SMILES string of the molecule is CCOC1(C(NC)c2cncc(C)c2)CCCCC1. The van der Waals surface area contributed by atoms with Crippen molar-refractivity contribution in [2.45, 2.75) is 57.6 Å². The van der Waals surface area contributed by atoms with Crippen LogP contribution in [0.1, 0.15) is 56.2 Å². The summed E-state index contributed by atoms with van der Waals surface area (Å²) in [6.07, 6.45) is 10.0. The Kier molecular flexibility index (Phi) is 4.94. The van der Waals surface area contributed by atoms with Crippen LogP contribution >= 0.6 is 0 Å². The molecule has 1 aromatic heterocycles. The monoisotopic (exact) mass is 262 g/mol. The number of aromatic nitrogens is 1. The van der Waals surface area contributed by atoms with Crippen LogP contribution in [0.15, 0.2) is 18.5 Å². The van der Waals surface area contributed by atoms with Crippen LogP contribution in [-0.4, -0.2) is 24.2 Å². The third-order valence-electron chi connectivity index (χ3n) is 4.18. The van der Waals surface area contributed by atoms with Gasteiger partial charge in [-0.3, -0.25) is 4.98 Å². The minimum absolute atomic E-state index is 0.0583. The predicted octanol–water partition coefficient (Wildman–Crippen LogP) is 3.39. The van der Waals surface area contributed by atoms with E-state index in [9.17, 15) is 0 Å². The van der Waals surface area contributed by atoms with Gasteiger partial charge in [-0.25, -0.2) is 0 Å². The predicted molar refractivity (Wildman–Crippen MR) is 78.2 cm³/mol. The van der Waals surface area contributed by atoms with Crippen molar-refractivity contribution in [3.8, 4) is 0 Å². The molecule has 19 heavy (non-hydrogen) atoms. The molecule has 0 amide bonds. The zero-order valence-corrected chi connectivity index (χ0v) is 12.4. The highest BCUT2D eigenvalue weighted by atomic mass is 16.5. The highest BCUT2D eigenvalue weighted by Gasteiger charge is 2.40. The van der Waals surface area contributed by atoms with Gasteiger partial charge in [0.2, 0.25) is 0 Å². The first-order valence-corrected chi connectivity index (χ1v) is 7.44. The summed E-state index contributed by atoms with van der Waals surface area (Å²) in [5, 5.41) is 3.48. The molecule has 1 saturated carbocycles. The summed E-state index contributed by atoms with van der Waals surface area (Å²) in [4.78, 5) is 4.34. The van der Waals surface area contributed by atoms with Crippen molar-refractivity contribution < 1.29 is 4.74 Å². The third-order valence-corrected chi connectivity index (χ3v) is 4.18. The molecular weight excluding hydrogens is 236 g/mol. The van der Waals surface area contributed by atoms with Gasteiger partial charge in [0, 0.05) is 19.0 Å². The molecule has 0 aromatic carbocycles. The van der Waals surface area contributed by atoms with E-state index < -0.39 is 0 Å². The molecule has 106 valence electrons. The van der Waals surface area contributed by atoms with Crippen LogP contribution in [0.4, 0.5) is 0 Å². The first-order chi connectivity index (χ1) is 9.22. The molecule has 1 aliphatic rings. The summed E-state index contributed by atoms with van der Waals surface area (Å²) in [5.74, 6) is 0. The molecule has 1 aromatic rings. The molecule has 3 nitrogen and oxygen atoms in total. The molecule has 0 aliphatic heterocycles. The molecule has 3 heteroatoms. The van der Waals surface area contributed by atoms with Gasteiger partial charge >= 0.3 is 0 Å². The lowest BCUT2D eigenvalue weighted by atomic mass is 9.76. The van der Waals surface area contributed by atoms with Crippen LogP contribution in [0.2, 0.25) is 0 Å². The van der Waals surface area contributed by atoms with E-state index in [-0.39, 0.29) is 11.6 Å². The Morgan fingerprint density at radius 1 is 1.32 bits per heavy atom. The lowest BCUT2D eigenvalue weighted by molar-refractivity contribution is -0.0899. The zero-order valence-electron chi connectivity index (χ0n) is 12.4. The topological polar surface area (TPSA) is 34.1 Å². The average molecular weight is 262 g/mol. The molecule has 0 bridgehead atoms. The first kappa shape index (κ1) is 14.5.